The predicted octanol–water partition coefficient (Wildman–Crippen LogP) is 3.11. The number of hydrogen-bond donors (Lipinski definition) is 2. The van der Waals surface area contributed by atoms with E-state index in [9.17, 15) is 13.6 Å². The van der Waals surface area contributed by atoms with Gasteiger partial charge in [-0.2, -0.15) is 0 Å². The van der Waals surface area contributed by atoms with Crippen LogP contribution in [-0.4, -0.2) is 5.91 Å². The van der Waals surface area contributed by atoms with E-state index in [1.807, 2.05) is 0 Å². The molecule has 2 aromatic rings. The second-order valence-corrected chi connectivity index (χ2v) is 4.18. The highest BCUT2D eigenvalue weighted by Crippen LogP contribution is 2.18. The number of nitrogen functional groups attached to an aromatic ring is 1. The Morgan fingerprint density at radius 2 is 1.74 bits per heavy atom. The lowest BCUT2D eigenvalue weighted by molar-refractivity contribution is 0.102. The number of benzene rings is 2. The molecule has 0 unspecified atom stereocenters. The third-order valence-electron chi connectivity index (χ3n) is 2.65. The second-order valence-electron chi connectivity index (χ2n) is 4.18. The lowest BCUT2D eigenvalue weighted by Crippen LogP contribution is -2.12. The van der Waals surface area contributed by atoms with Crippen molar-refractivity contribution in [2.45, 2.75) is 6.92 Å². The monoisotopic (exact) mass is 262 g/mol. The number of anilines is 2. The molecule has 0 bridgehead atoms. The Labute approximate surface area is 109 Å². The van der Waals surface area contributed by atoms with Crippen molar-refractivity contribution in [3.63, 3.8) is 0 Å². The smallest absolute Gasteiger partial charge is 0.255 e. The summed E-state index contributed by atoms with van der Waals surface area (Å²) >= 11 is 0. The van der Waals surface area contributed by atoms with E-state index >= 15 is 0 Å². The quantitative estimate of drug-likeness (QED) is 0.817. The molecule has 2 rings (SSSR count). The molecule has 0 radical (unpaired) electrons. The fourth-order valence-corrected chi connectivity index (χ4v) is 1.64. The van der Waals surface area contributed by atoms with Gasteiger partial charge in [-0.1, -0.05) is 0 Å². The molecule has 0 aliphatic carbocycles. The van der Waals surface area contributed by atoms with E-state index in [1.54, 1.807) is 25.1 Å². The number of carbonyl (C=O) groups excluding carboxylic acids is 1. The SMILES string of the molecule is Cc1cc(NC(=O)c2cc(F)cc(F)c2)ccc1N. The highest BCUT2D eigenvalue weighted by Gasteiger charge is 2.09. The number of carbonyl (C=O) groups is 1. The van der Waals surface area contributed by atoms with Gasteiger partial charge in [0, 0.05) is 23.0 Å². The van der Waals surface area contributed by atoms with Gasteiger partial charge in [0.25, 0.3) is 5.91 Å². The minimum Gasteiger partial charge on any atom is -0.399 e. The first-order chi connectivity index (χ1) is 8.95. The number of nitrogens with two attached hydrogens (primary N) is 1. The lowest BCUT2D eigenvalue weighted by atomic mass is 10.1. The average molecular weight is 262 g/mol. The lowest BCUT2D eigenvalue weighted by Gasteiger charge is -2.08. The maximum absolute atomic E-state index is 13.0. The topological polar surface area (TPSA) is 55.1 Å². The first kappa shape index (κ1) is 13.0. The Kier molecular flexibility index (Phi) is 3.46. The van der Waals surface area contributed by atoms with Gasteiger partial charge in [-0.15, -0.1) is 0 Å². The Hall–Kier alpha value is -2.43. The molecule has 0 spiro atoms. The molecule has 98 valence electrons. The third kappa shape index (κ3) is 3.07. The van der Waals surface area contributed by atoms with Crippen LogP contribution in [0, 0.1) is 18.6 Å². The van der Waals surface area contributed by atoms with Gasteiger partial charge in [-0.05, 0) is 42.8 Å². The standard InChI is InChI=1S/C14H12F2N2O/c1-8-4-12(2-3-13(8)17)18-14(19)9-5-10(15)7-11(16)6-9/h2-7H,17H2,1H3,(H,18,19). The summed E-state index contributed by atoms with van der Waals surface area (Å²) < 4.78 is 26.0. The fourth-order valence-electron chi connectivity index (χ4n) is 1.64. The molecule has 0 fully saturated rings. The molecule has 0 aliphatic heterocycles. The van der Waals surface area contributed by atoms with Crippen LogP contribution in [-0.2, 0) is 0 Å². The van der Waals surface area contributed by atoms with E-state index in [0.717, 1.165) is 17.7 Å². The Bertz CT molecular complexity index is 621. The van der Waals surface area contributed by atoms with Crippen molar-refractivity contribution >= 4 is 17.3 Å². The summed E-state index contributed by atoms with van der Waals surface area (Å²) in [6.07, 6.45) is 0. The predicted molar refractivity (Wildman–Crippen MR) is 69.9 cm³/mol. The minimum absolute atomic E-state index is 0.0769. The Balaban J connectivity index is 2.22. The van der Waals surface area contributed by atoms with E-state index in [4.69, 9.17) is 5.73 Å². The number of aryl methyl sites for hydroxylation is 1. The van der Waals surface area contributed by atoms with Crippen LogP contribution in [0.5, 0.6) is 0 Å². The zero-order chi connectivity index (χ0) is 14.0. The summed E-state index contributed by atoms with van der Waals surface area (Å²) in [6, 6.07) is 7.62. The highest BCUT2D eigenvalue weighted by molar-refractivity contribution is 6.04. The summed E-state index contributed by atoms with van der Waals surface area (Å²) in [5.41, 5.74) is 7.51. The first-order valence-electron chi connectivity index (χ1n) is 5.59. The maximum atomic E-state index is 13.0. The number of nitrogens with one attached hydrogen (secondary N) is 1. The summed E-state index contributed by atoms with van der Waals surface area (Å²) in [7, 11) is 0. The van der Waals surface area contributed by atoms with Crippen LogP contribution in [0.1, 0.15) is 15.9 Å². The zero-order valence-electron chi connectivity index (χ0n) is 10.2. The van der Waals surface area contributed by atoms with Gasteiger partial charge in [0.15, 0.2) is 0 Å². The van der Waals surface area contributed by atoms with E-state index in [2.05, 4.69) is 5.32 Å². The van der Waals surface area contributed by atoms with Crippen LogP contribution in [0.4, 0.5) is 20.2 Å². The van der Waals surface area contributed by atoms with E-state index < -0.39 is 17.5 Å². The molecule has 19 heavy (non-hydrogen) atoms. The van der Waals surface area contributed by atoms with Gasteiger partial charge in [0.2, 0.25) is 0 Å². The van der Waals surface area contributed by atoms with Crippen molar-refractivity contribution in [3.05, 3.63) is 59.2 Å². The second kappa shape index (κ2) is 5.06. The van der Waals surface area contributed by atoms with Gasteiger partial charge in [0.1, 0.15) is 11.6 Å². The van der Waals surface area contributed by atoms with Crippen LogP contribution in [0.2, 0.25) is 0 Å². The third-order valence-corrected chi connectivity index (χ3v) is 2.65. The van der Waals surface area contributed by atoms with Crippen LogP contribution >= 0.6 is 0 Å². The number of halogens is 2. The molecule has 3 N–H and O–H groups in total. The summed E-state index contributed by atoms with van der Waals surface area (Å²) in [6.45, 7) is 1.80. The van der Waals surface area contributed by atoms with Crippen molar-refractivity contribution < 1.29 is 13.6 Å². The molecule has 0 aromatic heterocycles. The van der Waals surface area contributed by atoms with Gasteiger partial charge in [0.05, 0.1) is 0 Å². The molecular weight excluding hydrogens is 250 g/mol. The maximum Gasteiger partial charge on any atom is 0.255 e. The van der Waals surface area contributed by atoms with Crippen LogP contribution in [0.15, 0.2) is 36.4 Å². The first-order valence-corrected chi connectivity index (χ1v) is 5.59. The Morgan fingerprint density at radius 1 is 1.11 bits per heavy atom. The molecule has 0 heterocycles. The van der Waals surface area contributed by atoms with Crippen LogP contribution in [0.25, 0.3) is 0 Å². The molecule has 0 atom stereocenters. The van der Waals surface area contributed by atoms with Crippen LogP contribution in [0.3, 0.4) is 0 Å². The molecule has 0 saturated carbocycles. The molecule has 5 heteroatoms. The zero-order valence-corrected chi connectivity index (χ0v) is 10.2. The number of hydrogen-bond acceptors (Lipinski definition) is 2. The molecular formula is C14H12F2N2O. The fraction of sp³-hybridized carbons (Fsp3) is 0.0714. The van der Waals surface area contributed by atoms with Crippen LogP contribution < -0.4 is 11.1 Å². The summed E-state index contributed by atoms with van der Waals surface area (Å²) in [4.78, 5) is 11.8. The average Bonchev–Trinajstić information content (AvgIpc) is 2.32. The summed E-state index contributed by atoms with van der Waals surface area (Å²) in [5.74, 6) is -2.17. The van der Waals surface area contributed by atoms with Crippen molar-refractivity contribution in [2.75, 3.05) is 11.1 Å². The molecule has 0 saturated heterocycles. The molecule has 3 nitrogen and oxygen atoms in total. The number of amides is 1. The van der Waals surface area contributed by atoms with E-state index in [-0.39, 0.29) is 5.56 Å². The van der Waals surface area contributed by atoms with Crippen molar-refractivity contribution in [1.82, 2.24) is 0 Å². The van der Waals surface area contributed by atoms with Crippen molar-refractivity contribution in [3.8, 4) is 0 Å². The van der Waals surface area contributed by atoms with E-state index in [0.29, 0.717) is 17.4 Å². The molecule has 1 amide bonds. The molecule has 0 aliphatic rings. The normalized spacial score (nSPS) is 10.3. The Morgan fingerprint density at radius 3 is 2.32 bits per heavy atom. The highest BCUT2D eigenvalue weighted by atomic mass is 19.1. The minimum atomic E-state index is -0.793. The van der Waals surface area contributed by atoms with Gasteiger partial charge >= 0.3 is 0 Å². The van der Waals surface area contributed by atoms with Gasteiger partial charge in [-0.3, -0.25) is 4.79 Å². The number of rotatable bonds is 2. The van der Waals surface area contributed by atoms with Gasteiger partial charge in [-0.25, -0.2) is 8.78 Å². The van der Waals surface area contributed by atoms with Crippen molar-refractivity contribution in [2.24, 2.45) is 0 Å². The largest absolute Gasteiger partial charge is 0.399 e. The summed E-state index contributed by atoms with van der Waals surface area (Å²) in [5, 5.41) is 2.55. The van der Waals surface area contributed by atoms with Gasteiger partial charge < -0.3 is 11.1 Å². The molecule has 2 aromatic carbocycles. The van der Waals surface area contributed by atoms with Crippen molar-refractivity contribution in [1.29, 1.82) is 0 Å². The van der Waals surface area contributed by atoms with E-state index in [1.165, 1.54) is 0 Å².